The summed E-state index contributed by atoms with van der Waals surface area (Å²) in [6.45, 7) is 3.00. The molecular formula is C19H20N4O. The number of carbonyl (C=O) groups is 1. The number of hydrogen-bond donors (Lipinski definition) is 2. The minimum atomic E-state index is -0.183. The van der Waals surface area contributed by atoms with Crippen LogP contribution in [-0.4, -0.2) is 15.6 Å². The zero-order valence-electron chi connectivity index (χ0n) is 13.6. The monoisotopic (exact) mass is 320 g/mol. The number of benzene rings is 2. The molecule has 0 aliphatic carbocycles. The highest BCUT2D eigenvalue weighted by atomic mass is 16.2. The molecule has 1 heterocycles. The summed E-state index contributed by atoms with van der Waals surface area (Å²) in [4.78, 5) is 16.1. The minimum Gasteiger partial charge on any atom is -0.334 e. The molecule has 0 saturated carbocycles. The number of aromatic nitrogens is 2. The number of para-hydroxylation sites is 1. The van der Waals surface area contributed by atoms with Gasteiger partial charge in [0.15, 0.2) is 0 Å². The molecule has 24 heavy (non-hydrogen) atoms. The molecule has 0 spiro atoms. The van der Waals surface area contributed by atoms with Gasteiger partial charge in [0.2, 0.25) is 0 Å². The van der Waals surface area contributed by atoms with Crippen LogP contribution in [0.2, 0.25) is 0 Å². The molecule has 0 aliphatic rings. The highest BCUT2D eigenvalue weighted by Gasteiger charge is 2.06. The van der Waals surface area contributed by atoms with Gasteiger partial charge in [-0.1, -0.05) is 48.0 Å². The molecule has 3 aromatic rings. The van der Waals surface area contributed by atoms with Gasteiger partial charge in [-0.05, 0) is 24.1 Å². The summed E-state index contributed by atoms with van der Waals surface area (Å²) in [5, 5.41) is 5.78. The molecule has 0 fully saturated rings. The second kappa shape index (κ2) is 7.46. The lowest BCUT2D eigenvalue weighted by atomic mass is 10.1. The number of nitrogens with zero attached hydrogens (tertiary/aromatic N) is 2. The Morgan fingerprint density at radius 2 is 1.92 bits per heavy atom. The molecule has 122 valence electrons. The van der Waals surface area contributed by atoms with E-state index in [0.29, 0.717) is 13.1 Å². The molecular weight excluding hydrogens is 300 g/mol. The number of amides is 2. The summed E-state index contributed by atoms with van der Waals surface area (Å²) >= 11 is 0. The van der Waals surface area contributed by atoms with Gasteiger partial charge >= 0.3 is 6.03 Å². The van der Waals surface area contributed by atoms with Crippen LogP contribution in [0.4, 0.5) is 4.79 Å². The fourth-order valence-corrected chi connectivity index (χ4v) is 2.56. The topological polar surface area (TPSA) is 59.0 Å². The lowest BCUT2D eigenvalue weighted by Gasteiger charge is -2.12. The lowest BCUT2D eigenvalue weighted by Crippen LogP contribution is -2.34. The van der Waals surface area contributed by atoms with Gasteiger partial charge in [-0.25, -0.2) is 9.78 Å². The standard InChI is InChI=1S/C19H20N4O/c1-15-5-4-6-16(11-15)12-21-19(24)22-13-17-7-2-3-8-18(17)23-10-9-20-14-23/h2-11,14H,12-13H2,1H3,(H2,21,22,24). The van der Waals surface area contributed by atoms with Crippen molar-refractivity contribution >= 4 is 6.03 Å². The average Bonchev–Trinajstić information content (AvgIpc) is 3.13. The van der Waals surface area contributed by atoms with E-state index in [0.717, 1.165) is 16.8 Å². The van der Waals surface area contributed by atoms with Crippen LogP contribution in [0, 0.1) is 6.92 Å². The molecule has 0 bridgehead atoms. The fourth-order valence-electron chi connectivity index (χ4n) is 2.56. The number of carbonyl (C=O) groups excluding carboxylic acids is 1. The molecule has 2 amide bonds. The maximum Gasteiger partial charge on any atom is 0.315 e. The third kappa shape index (κ3) is 4.01. The summed E-state index contributed by atoms with van der Waals surface area (Å²) in [7, 11) is 0. The van der Waals surface area contributed by atoms with Gasteiger partial charge in [0, 0.05) is 25.5 Å². The van der Waals surface area contributed by atoms with E-state index in [1.54, 1.807) is 12.5 Å². The van der Waals surface area contributed by atoms with Crippen LogP contribution >= 0.6 is 0 Å². The summed E-state index contributed by atoms with van der Waals surface area (Å²) in [5.74, 6) is 0. The molecule has 0 radical (unpaired) electrons. The smallest absolute Gasteiger partial charge is 0.315 e. The minimum absolute atomic E-state index is 0.183. The molecule has 2 N–H and O–H groups in total. The summed E-state index contributed by atoms with van der Waals surface area (Å²) in [6, 6.07) is 15.8. The van der Waals surface area contributed by atoms with Crippen LogP contribution < -0.4 is 10.6 Å². The summed E-state index contributed by atoms with van der Waals surface area (Å²) < 4.78 is 1.93. The number of hydrogen-bond acceptors (Lipinski definition) is 2. The second-order valence-electron chi connectivity index (χ2n) is 5.62. The van der Waals surface area contributed by atoms with E-state index < -0.39 is 0 Å². The summed E-state index contributed by atoms with van der Waals surface area (Å²) in [5.41, 5.74) is 4.31. The van der Waals surface area contributed by atoms with Crippen molar-refractivity contribution in [1.82, 2.24) is 20.2 Å². The van der Waals surface area contributed by atoms with Crippen molar-refractivity contribution in [3.05, 3.63) is 83.9 Å². The van der Waals surface area contributed by atoms with Gasteiger partial charge in [0.1, 0.15) is 0 Å². The number of rotatable bonds is 5. The number of urea groups is 1. The Balaban J connectivity index is 1.57. The van der Waals surface area contributed by atoms with E-state index in [1.165, 1.54) is 5.56 Å². The van der Waals surface area contributed by atoms with Crippen molar-refractivity contribution in [1.29, 1.82) is 0 Å². The van der Waals surface area contributed by atoms with Gasteiger partial charge in [-0.15, -0.1) is 0 Å². The third-order valence-electron chi connectivity index (χ3n) is 3.75. The zero-order valence-corrected chi connectivity index (χ0v) is 13.6. The molecule has 5 nitrogen and oxygen atoms in total. The van der Waals surface area contributed by atoms with Crippen LogP contribution in [0.1, 0.15) is 16.7 Å². The first kappa shape index (κ1) is 15.8. The highest BCUT2D eigenvalue weighted by Crippen LogP contribution is 2.13. The Labute approximate surface area is 141 Å². The Morgan fingerprint density at radius 1 is 1.08 bits per heavy atom. The zero-order chi connectivity index (χ0) is 16.8. The van der Waals surface area contributed by atoms with Crippen molar-refractivity contribution < 1.29 is 4.79 Å². The third-order valence-corrected chi connectivity index (χ3v) is 3.75. The Morgan fingerprint density at radius 3 is 2.71 bits per heavy atom. The predicted octanol–water partition coefficient (Wildman–Crippen LogP) is 3.18. The Hall–Kier alpha value is -3.08. The van der Waals surface area contributed by atoms with Crippen LogP contribution in [-0.2, 0) is 13.1 Å². The van der Waals surface area contributed by atoms with E-state index in [9.17, 15) is 4.79 Å². The first-order chi connectivity index (χ1) is 11.7. The molecule has 0 unspecified atom stereocenters. The van der Waals surface area contributed by atoms with Gasteiger partial charge < -0.3 is 15.2 Å². The SMILES string of the molecule is Cc1cccc(CNC(=O)NCc2ccccc2-n2ccnc2)c1. The largest absolute Gasteiger partial charge is 0.334 e. The van der Waals surface area contributed by atoms with Gasteiger partial charge in [0.05, 0.1) is 12.0 Å². The second-order valence-corrected chi connectivity index (χ2v) is 5.62. The van der Waals surface area contributed by atoms with E-state index in [1.807, 2.05) is 60.2 Å². The fraction of sp³-hybridized carbons (Fsp3) is 0.158. The molecule has 0 aliphatic heterocycles. The Kier molecular flexibility index (Phi) is 4.91. The maximum absolute atomic E-state index is 12.0. The van der Waals surface area contributed by atoms with Crippen molar-refractivity contribution in [3.8, 4) is 5.69 Å². The van der Waals surface area contributed by atoms with Crippen molar-refractivity contribution in [2.45, 2.75) is 20.0 Å². The van der Waals surface area contributed by atoms with Crippen LogP contribution in [0.25, 0.3) is 5.69 Å². The number of imidazole rings is 1. The van der Waals surface area contributed by atoms with E-state index in [4.69, 9.17) is 0 Å². The first-order valence-electron chi connectivity index (χ1n) is 7.86. The first-order valence-corrected chi connectivity index (χ1v) is 7.86. The molecule has 0 saturated heterocycles. The molecule has 5 heteroatoms. The lowest BCUT2D eigenvalue weighted by molar-refractivity contribution is 0.240. The van der Waals surface area contributed by atoms with Crippen molar-refractivity contribution in [2.75, 3.05) is 0 Å². The van der Waals surface area contributed by atoms with Crippen LogP contribution in [0.15, 0.2) is 67.3 Å². The predicted molar refractivity (Wildman–Crippen MR) is 93.8 cm³/mol. The average molecular weight is 320 g/mol. The number of nitrogens with one attached hydrogen (secondary N) is 2. The van der Waals surface area contributed by atoms with Gasteiger partial charge in [-0.3, -0.25) is 0 Å². The van der Waals surface area contributed by atoms with E-state index in [2.05, 4.69) is 21.7 Å². The van der Waals surface area contributed by atoms with Crippen molar-refractivity contribution in [3.63, 3.8) is 0 Å². The van der Waals surface area contributed by atoms with Crippen molar-refractivity contribution in [2.24, 2.45) is 0 Å². The quantitative estimate of drug-likeness (QED) is 0.758. The molecule has 2 aromatic carbocycles. The van der Waals surface area contributed by atoms with Gasteiger partial charge in [0.25, 0.3) is 0 Å². The molecule has 3 rings (SSSR count). The normalized spacial score (nSPS) is 10.4. The highest BCUT2D eigenvalue weighted by molar-refractivity contribution is 5.74. The summed E-state index contributed by atoms with van der Waals surface area (Å²) in [6.07, 6.45) is 5.37. The maximum atomic E-state index is 12.0. The van der Waals surface area contributed by atoms with Crippen LogP contribution in [0.5, 0.6) is 0 Å². The van der Waals surface area contributed by atoms with Crippen LogP contribution in [0.3, 0.4) is 0 Å². The van der Waals surface area contributed by atoms with Gasteiger partial charge in [-0.2, -0.15) is 0 Å². The van der Waals surface area contributed by atoms with E-state index in [-0.39, 0.29) is 6.03 Å². The molecule has 0 atom stereocenters. The Bertz CT molecular complexity index is 812. The van der Waals surface area contributed by atoms with E-state index >= 15 is 0 Å². The molecule has 1 aromatic heterocycles. The number of aryl methyl sites for hydroxylation is 1.